The maximum absolute atomic E-state index is 9.54. The lowest BCUT2D eigenvalue weighted by atomic mass is 10.0. The Morgan fingerprint density at radius 2 is 2.11 bits per heavy atom. The first-order valence-electron chi connectivity index (χ1n) is 6.79. The summed E-state index contributed by atoms with van der Waals surface area (Å²) >= 11 is 1.99. The largest absolute Gasteiger partial charge is 0.389 e. The Labute approximate surface area is 113 Å². The first-order chi connectivity index (χ1) is 8.66. The second-order valence-electron chi connectivity index (χ2n) is 5.07. The van der Waals surface area contributed by atoms with Crippen molar-refractivity contribution >= 4 is 11.8 Å². The van der Waals surface area contributed by atoms with Gasteiger partial charge in [-0.15, -0.1) is 0 Å². The lowest BCUT2D eigenvalue weighted by Crippen LogP contribution is -2.09. The molecule has 0 radical (unpaired) electrons. The summed E-state index contributed by atoms with van der Waals surface area (Å²) in [6.07, 6.45) is 8.12. The van der Waals surface area contributed by atoms with E-state index in [0.717, 1.165) is 28.1 Å². The first-order valence-corrected chi connectivity index (χ1v) is 7.84. The SMILES string of the molecule is Cc1nc(CSC2CCCCC2)ncc1C(C)O. The van der Waals surface area contributed by atoms with Gasteiger partial charge in [0.05, 0.1) is 11.9 Å². The summed E-state index contributed by atoms with van der Waals surface area (Å²) in [7, 11) is 0. The number of aryl methyl sites for hydroxylation is 1. The molecule has 1 N–H and O–H groups in total. The molecule has 1 heterocycles. The number of aliphatic hydroxyl groups is 1. The van der Waals surface area contributed by atoms with E-state index in [0.29, 0.717) is 0 Å². The van der Waals surface area contributed by atoms with Gasteiger partial charge < -0.3 is 5.11 Å². The van der Waals surface area contributed by atoms with E-state index in [1.807, 2.05) is 18.7 Å². The molecule has 1 fully saturated rings. The molecule has 3 nitrogen and oxygen atoms in total. The van der Waals surface area contributed by atoms with Crippen LogP contribution in [0.3, 0.4) is 0 Å². The number of aromatic nitrogens is 2. The Kier molecular flexibility index (Phi) is 5.01. The first kappa shape index (κ1) is 13.8. The molecule has 1 unspecified atom stereocenters. The van der Waals surface area contributed by atoms with E-state index in [2.05, 4.69) is 9.97 Å². The quantitative estimate of drug-likeness (QED) is 0.907. The van der Waals surface area contributed by atoms with Gasteiger partial charge >= 0.3 is 0 Å². The third-order valence-corrected chi connectivity index (χ3v) is 4.89. The van der Waals surface area contributed by atoms with E-state index in [-0.39, 0.29) is 0 Å². The molecule has 100 valence electrons. The van der Waals surface area contributed by atoms with Crippen molar-refractivity contribution in [1.29, 1.82) is 0 Å². The number of thioether (sulfide) groups is 1. The van der Waals surface area contributed by atoms with E-state index < -0.39 is 6.10 Å². The minimum atomic E-state index is -0.481. The van der Waals surface area contributed by atoms with Crippen LogP contribution in [-0.4, -0.2) is 20.3 Å². The topological polar surface area (TPSA) is 46.0 Å². The van der Waals surface area contributed by atoms with Crippen LogP contribution in [-0.2, 0) is 5.75 Å². The zero-order valence-electron chi connectivity index (χ0n) is 11.2. The minimum Gasteiger partial charge on any atom is -0.389 e. The number of hydrogen-bond acceptors (Lipinski definition) is 4. The molecule has 1 saturated carbocycles. The van der Waals surface area contributed by atoms with Gasteiger partial charge in [-0.25, -0.2) is 9.97 Å². The van der Waals surface area contributed by atoms with Crippen LogP contribution in [0.25, 0.3) is 0 Å². The summed E-state index contributed by atoms with van der Waals surface area (Å²) < 4.78 is 0. The third kappa shape index (κ3) is 3.69. The van der Waals surface area contributed by atoms with Crippen LogP contribution in [0.5, 0.6) is 0 Å². The molecule has 0 aliphatic heterocycles. The standard InChI is InChI=1S/C14H22N2OS/c1-10-13(11(2)17)8-15-14(16-10)9-18-12-6-4-3-5-7-12/h8,11-12,17H,3-7,9H2,1-2H3. The number of aliphatic hydroxyl groups excluding tert-OH is 1. The molecule has 1 atom stereocenters. The van der Waals surface area contributed by atoms with Gasteiger partial charge in [-0.1, -0.05) is 19.3 Å². The van der Waals surface area contributed by atoms with Gasteiger partial charge in [0.1, 0.15) is 5.82 Å². The zero-order chi connectivity index (χ0) is 13.0. The van der Waals surface area contributed by atoms with Gasteiger partial charge in [0.2, 0.25) is 0 Å². The van der Waals surface area contributed by atoms with Crippen LogP contribution in [0.4, 0.5) is 0 Å². The fourth-order valence-corrected chi connectivity index (χ4v) is 3.62. The molecule has 0 spiro atoms. The van der Waals surface area contributed by atoms with Crippen LogP contribution < -0.4 is 0 Å². The Hall–Kier alpha value is -0.610. The summed E-state index contributed by atoms with van der Waals surface area (Å²) in [5.74, 6) is 1.79. The van der Waals surface area contributed by atoms with E-state index >= 15 is 0 Å². The Morgan fingerprint density at radius 3 is 2.72 bits per heavy atom. The molecule has 0 aromatic carbocycles. The number of nitrogens with zero attached hydrogens (tertiary/aromatic N) is 2. The van der Waals surface area contributed by atoms with Crippen LogP contribution in [0.2, 0.25) is 0 Å². The van der Waals surface area contributed by atoms with E-state index in [1.54, 1.807) is 13.1 Å². The van der Waals surface area contributed by atoms with Crippen molar-refractivity contribution in [2.75, 3.05) is 0 Å². The normalized spacial score (nSPS) is 18.8. The number of hydrogen-bond donors (Lipinski definition) is 1. The van der Waals surface area contributed by atoms with Crippen molar-refractivity contribution in [3.05, 3.63) is 23.3 Å². The van der Waals surface area contributed by atoms with Crippen molar-refractivity contribution in [3.63, 3.8) is 0 Å². The molecule has 18 heavy (non-hydrogen) atoms. The van der Waals surface area contributed by atoms with Crippen LogP contribution in [0, 0.1) is 6.92 Å². The van der Waals surface area contributed by atoms with Gasteiger partial charge in [0, 0.05) is 22.7 Å². The third-order valence-electron chi connectivity index (χ3n) is 3.52. The Balaban J connectivity index is 1.91. The summed E-state index contributed by atoms with van der Waals surface area (Å²) in [5, 5.41) is 10.3. The molecule has 1 aromatic rings. The smallest absolute Gasteiger partial charge is 0.138 e. The van der Waals surface area contributed by atoms with Gasteiger partial charge in [-0.05, 0) is 26.7 Å². The Bertz CT molecular complexity index is 389. The molecule has 0 saturated heterocycles. The van der Waals surface area contributed by atoms with Crippen LogP contribution in [0.15, 0.2) is 6.20 Å². The second-order valence-corrected chi connectivity index (χ2v) is 6.36. The highest BCUT2D eigenvalue weighted by molar-refractivity contribution is 7.99. The molecular weight excluding hydrogens is 244 g/mol. The summed E-state index contributed by atoms with van der Waals surface area (Å²) in [6.45, 7) is 3.70. The van der Waals surface area contributed by atoms with Crippen LogP contribution >= 0.6 is 11.8 Å². The highest BCUT2D eigenvalue weighted by Crippen LogP contribution is 2.30. The summed E-state index contributed by atoms with van der Waals surface area (Å²) in [6, 6.07) is 0. The summed E-state index contributed by atoms with van der Waals surface area (Å²) in [4.78, 5) is 8.84. The van der Waals surface area contributed by atoms with Gasteiger partial charge in [0.15, 0.2) is 0 Å². The molecule has 4 heteroatoms. The maximum atomic E-state index is 9.54. The molecular formula is C14H22N2OS. The molecule has 0 amide bonds. The van der Waals surface area contributed by atoms with E-state index in [1.165, 1.54) is 32.1 Å². The minimum absolute atomic E-state index is 0.481. The van der Waals surface area contributed by atoms with E-state index in [9.17, 15) is 5.11 Å². The van der Waals surface area contributed by atoms with Crippen molar-refractivity contribution in [3.8, 4) is 0 Å². The second kappa shape index (κ2) is 6.53. The average Bonchev–Trinajstić information content (AvgIpc) is 2.37. The lowest BCUT2D eigenvalue weighted by Gasteiger charge is -2.20. The molecule has 0 bridgehead atoms. The highest BCUT2D eigenvalue weighted by Gasteiger charge is 2.15. The van der Waals surface area contributed by atoms with Gasteiger partial charge in [-0.3, -0.25) is 0 Å². The molecule has 1 aromatic heterocycles. The van der Waals surface area contributed by atoms with Crippen molar-refractivity contribution in [2.45, 2.75) is 63.1 Å². The summed E-state index contributed by atoms with van der Waals surface area (Å²) in [5.41, 5.74) is 1.74. The Morgan fingerprint density at radius 1 is 1.39 bits per heavy atom. The van der Waals surface area contributed by atoms with Crippen molar-refractivity contribution < 1.29 is 5.11 Å². The highest BCUT2D eigenvalue weighted by atomic mass is 32.2. The van der Waals surface area contributed by atoms with Crippen molar-refractivity contribution in [1.82, 2.24) is 9.97 Å². The van der Waals surface area contributed by atoms with Gasteiger partial charge in [0.25, 0.3) is 0 Å². The molecule has 2 rings (SSSR count). The maximum Gasteiger partial charge on any atom is 0.138 e. The number of rotatable bonds is 4. The fourth-order valence-electron chi connectivity index (χ4n) is 2.43. The van der Waals surface area contributed by atoms with Crippen molar-refractivity contribution in [2.24, 2.45) is 0 Å². The van der Waals surface area contributed by atoms with Crippen LogP contribution in [0.1, 0.15) is 62.2 Å². The predicted octanol–water partition coefficient (Wildman–Crippen LogP) is 3.40. The van der Waals surface area contributed by atoms with E-state index in [4.69, 9.17) is 0 Å². The molecule has 1 aliphatic rings. The lowest BCUT2D eigenvalue weighted by molar-refractivity contribution is 0.197. The predicted molar refractivity (Wildman–Crippen MR) is 75.6 cm³/mol. The van der Waals surface area contributed by atoms with Gasteiger partial charge in [-0.2, -0.15) is 11.8 Å². The monoisotopic (exact) mass is 266 g/mol. The molecule has 1 aliphatic carbocycles. The fraction of sp³-hybridized carbons (Fsp3) is 0.714. The average molecular weight is 266 g/mol. The zero-order valence-corrected chi connectivity index (χ0v) is 12.0.